The van der Waals surface area contributed by atoms with Gasteiger partial charge < -0.3 is 4.52 Å². The van der Waals surface area contributed by atoms with Crippen LogP contribution < -0.4 is 0 Å². The fourth-order valence-electron chi connectivity index (χ4n) is 2.20. The van der Waals surface area contributed by atoms with Crippen molar-refractivity contribution in [1.29, 1.82) is 0 Å². The summed E-state index contributed by atoms with van der Waals surface area (Å²) in [5, 5.41) is 0. The summed E-state index contributed by atoms with van der Waals surface area (Å²) in [6.45, 7) is 6.05. The van der Waals surface area contributed by atoms with Crippen molar-refractivity contribution in [2.75, 3.05) is 6.16 Å². The standard InChI is InChI=1S/C11H22FO2P/c1-4-8-15(12,13)14-11-7-5-6-9(2)10(11)3/h9-11H,4-8H2,1-3H3. The molecule has 1 saturated carbocycles. The van der Waals surface area contributed by atoms with Crippen LogP contribution in [0.3, 0.4) is 0 Å². The molecule has 0 N–H and O–H groups in total. The summed E-state index contributed by atoms with van der Waals surface area (Å²) >= 11 is 0. The van der Waals surface area contributed by atoms with Crippen LogP contribution in [0.1, 0.15) is 46.5 Å². The van der Waals surface area contributed by atoms with Gasteiger partial charge in [-0.25, -0.2) is 0 Å². The third kappa shape index (κ3) is 3.88. The maximum Gasteiger partial charge on any atom is 0.367 e. The third-order valence-electron chi connectivity index (χ3n) is 3.42. The lowest BCUT2D eigenvalue weighted by Crippen LogP contribution is -2.30. The highest BCUT2D eigenvalue weighted by Crippen LogP contribution is 2.52. The predicted octanol–water partition coefficient (Wildman–Crippen LogP) is 4.40. The van der Waals surface area contributed by atoms with Crippen LogP contribution in [-0.2, 0) is 9.09 Å². The Morgan fingerprint density at radius 1 is 1.40 bits per heavy atom. The van der Waals surface area contributed by atoms with Gasteiger partial charge in [-0.2, -0.15) is 4.20 Å². The Morgan fingerprint density at radius 3 is 2.67 bits per heavy atom. The summed E-state index contributed by atoms with van der Waals surface area (Å²) in [6.07, 6.45) is 3.57. The average Bonchev–Trinajstić information content (AvgIpc) is 2.12. The summed E-state index contributed by atoms with van der Waals surface area (Å²) in [5.41, 5.74) is 0. The Bertz CT molecular complexity index is 245. The topological polar surface area (TPSA) is 26.3 Å². The maximum absolute atomic E-state index is 13.5. The van der Waals surface area contributed by atoms with E-state index in [4.69, 9.17) is 4.52 Å². The molecule has 4 atom stereocenters. The molecule has 0 bridgehead atoms. The molecule has 1 aliphatic rings. The SMILES string of the molecule is CCCP(=O)(F)OC1CCCC(C)C1C. The number of hydrogen-bond donors (Lipinski definition) is 0. The van der Waals surface area contributed by atoms with Crippen molar-refractivity contribution in [2.24, 2.45) is 11.8 Å². The van der Waals surface area contributed by atoms with Crippen LogP contribution in [0, 0.1) is 11.8 Å². The zero-order valence-corrected chi connectivity index (χ0v) is 10.8. The van der Waals surface area contributed by atoms with Crippen LogP contribution in [0.5, 0.6) is 0 Å². The van der Waals surface area contributed by atoms with Gasteiger partial charge in [-0.3, -0.25) is 4.57 Å². The minimum atomic E-state index is -3.82. The summed E-state index contributed by atoms with van der Waals surface area (Å²) in [7, 11) is -3.82. The van der Waals surface area contributed by atoms with Gasteiger partial charge in [0.15, 0.2) is 0 Å². The molecule has 0 aromatic rings. The van der Waals surface area contributed by atoms with Crippen molar-refractivity contribution in [3.05, 3.63) is 0 Å². The van der Waals surface area contributed by atoms with Gasteiger partial charge in [0.05, 0.1) is 12.3 Å². The van der Waals surface area contributed by atoms with Gasteiger partial charge in [0.1, 0.15) is 0 Å². The van der Waals surface area contributed by atoms with Gasteiger partial charge >= 0.3 is 7.68 Å². The quantitative estimate of drug-likeness (QED) is 0.676. The van der Waals surface area contributed by atoms with Crippen LogP contribution in [0.25, 0.3) is 0 Å². The van der Waals surface area contributed by atoms with E-state index >= 15 is 0 Å². The Morgan fingerprint density at radius 2 is 2.07 bits per heavy atom. The van der Waals surface area contributed by atoms with Gasteiger partial charge in [-0.15, -0.1) is 0 Å². The van der Waals surface area contributed by atoms with E-state index < -0.39 is 7.68 Å². The molecule has 1 fully saturated rings. The minimum absolute atomic E-state index is 0.0601. The van der Waals surface area contributed by atoms with E-state index in [1.165, 1.54) is 6.42 Å². The Kier molecular flexibility index (Phi) is 4.79. The smallest absolute Gasteiger partial charge is 0.302 e. The first-order valence-corrected chi connectivity index (χ1v) is 7.63. The van der Waals surface area contributed by atoms with E-state index in [2.05, 4.69) is 13.8 Å². The highest BCUT2D eigenvalue weighted by molar-refractivity contribution is 7.53. The lowest BCUT2D eigenvalue weighted by atomic mass is 9.80. The van der Waals surface area contributed by atoms with Crippen LogP contribution in [0.2, 0.25) is 0 Å². The van der Waals surface area contributed by atoms with Crippen molar-refractivity contribution in [3.8, 4) is 0 Å². The molecule has 0 aromatic heterocycles. The van der Waals surface area contributed by atoms with E-state index in [0.29, 0.717) is 18.3 Å². The predicted molar refractivity (Wildman–Crippen MR) is 60.9 cm³/mol. The molecule has 90 valence electrons. The zero-order chi connectivity index (χ0) is 11.5. The Balaban J connectivity index is 2.53. The van der Waals surface area contributed by atoms with E-state index in [-0.39, 0.29) is 12.3 Å². The molecular weight excluding hydrogens is 214 g/mol. The van der Waals surface area contributed by atoms with Gasteiger partial charge in [0.2, 0.25) is 0 Å². The third-order valence-corrected chi connectivity index (χ3v) is 4.98. The zero-order valence-electron chi connectivity index (χ0n) is 9.91. The molecule has 0 amide bonds. The molecule has 0 aliphatic heterocycles. The molecule has 0 radical (unpaired) electrons. The molecule has 0 spiro atoms. The maximum atomic E-state index is 13.5. The van der Waals surface area contributed by atoms with Gasteiger partial charge in [0.25, 0.3) is 0 Å². The van der Waals surface area contributed by atoms with Crippen molar-refractivity contribution in [1.82, 2.24) is 0 Å². The Hall–Kier alpha value is 0.120. The normalized spacial score (nSPS) is 36.1. The molecule has 2 nitrogen and oxygen atoms in total. The van der Waals surface area contributed by atoms with Crippen LogP contribution in [0.15, 0.2) is 0 Å². The second-order valence-corrected chi connectivity index (χ2v) is 6.56. The van der Waals surface area contributed by atoms with E-state index in [1.54, 1.807) is 0 Å². The fraction of sp³-hybridized carbons (Fsp3) is 1.00. The second-order valence-electron chi connectivity index (χ2n) is 4.73. The molecule has 1 aliphatic carbocycles. The van der Waals surface area contributed by atoms with Crippen LogP contribution >= 0.6 is 7.68 Å². The van der Waals surface area contributed by atoms with Crippen molar-refractivity contribution >= 4 is 7.68 Å². The van der Waals surface area contributed by atoms with Crippen molar-refractivity contribution < 1.29 is 13.3 Å². The Labute approximate surface area is 92.2 Å². The summed E-state index contributed by atoms with van der Waals surface area (Å²) in [6, 6.07) is 0. The minimum Gasteiger partial charge on any atom is -0.302 e. The largest absolute Gasteiger partial charge is 0.367 e. The monoisotopic (exact) mass is 236 g/mol. The summed E-state index contributed by atoms with van der Waals surface area (Å²) in [5.74, 6) is 0.866. The fourth-order valence-corrected chi connectivity index (χ4v) is 3.55. The van der Waals surface area contributed by atoms with Crippen LogP contribution in [-0.4, -0.2) is 12.3 Å². The average molecular weight is 236 g/mol. The highest BCUT2D eigenvalue weighted by Gasteiger charge is 2.33. The molecule has 4 unspecified atom stereocenters. The first-order chi connectivity index (χ1) is 6.96. The van der Waals surface area contributed by atoms with E-state index in [0.717, 1.165) is 12.8 Å². The van der Waals surface area contributed by atoms with Gasteiger partial charge in [-0.1, -0.05) is 33.6 Å². The number of rotatable bonds is 4. The van der Waals surface area contributed by atoms with Crippen LogP contribution in [0.4, 0.5) is 4.20 Å². The summed E-state index contributed by atoms with van der Waals surface area (Å²) in [4.78, 5) is 0. The molecule has 15 heavy (non-hydrogen) atoms. The number of halogens is 1. The first kappa shape index (κ1) is 13.2. The highest BCUT2D eigenvalue weighted by atomic mass is 31.2. The molecule has 1 rings (SSSR count). The molecule has 0 saturated heterocycles. The van der Waals surface area contributed by atoms with Gasteiger partial charge in [0, 0.05) is 0 Å². The first-order valence-electron chi connectivity index (χ1n) is 5.93. The number of hydrogen-bond acceptors (Lipinski definition) is 2. The summed E-state index contributed by atoms with van der Waals surface area (Å²) < 4.78 is 30.1. The molecule has 0 aromatic carbocycles. The van der Waals surface area contributed by atoms with Crippen molar-refractivity contribution in [3.63, 3.8) is 0 Å². The van der Waals surface area contributed by atoms with E-state index in [9.17, 15) is 8.76 Å². The van der Waals surface area contributed by atoms with Gasteiger partial charge in [-0.05, 0) is 24.7 Å². The lowest BCUT2D eigenvalue weighted by molar-refractivity contribution is 0.0649. The molecule has 4 heteroatoms. The van der Waals surface area contributed by atoms with Crippen molar-refractivity contribution in [2.45, 2.75) is 52.6 Å². The molecular formula is C11H22FO2P. The lowest BCUT2D eigenvalue weighted by Gasteiger charge is -2.34. The van der Waals surface area contributed by atoms with E-state index in [1.807, 2.05) is 6.92 Å². The molecule has 0 heterocycles. The second kappa shape index (κ2) is 5.45.